The fraction of sp³-hybridized carbons (Fsp3) is 0.125. The van der Waals surface area contributed by atoms with Gasteiger partial charge in [-0.15, -0.1) is 0 Å². The zero-order chi connectivity index (χ0) is 24.7. The van der Waals surface area contributed by atoms with Crippen LogP contribution in [0.3, 0.4) is 0 Å². The van der Waals surface area contributed by atoms with Gasteiger partial charge in [0.25, 0.3) is 5.56 Å². The third-order valence-corrected chi connectivity index (χ3v) is 8.69. The molecule has 8 nitrogen and oxygen atoms in total. The quantitative estimate of drug-likeness (QED) is 0.322. The lowest BCUT2D eigenvalue weighted by Gasteiger charge is -2.25. The molecule has 1 unspecified atom stereocenters. The maximum atomic E-state index is 13.7. The Bertz CT molecular complexity index is 1580. The van der Waals surface area contributed by atoms with Gasteiger partial charge in [0.05, 0.1) is 17.5 Å². The van der Waals surface area contributed by atoms with Crippen molar-refractivity contribution < 1.29 is 14.2 Å². The minimum absolute atomic E-state index is 0.0316. The van der Waals surface area contributed by atoms with Gasteiger partial charge in [0, 0.05) is 22.5 Å². The van der Waals surface area contributed by atoms with Crippen LogP contribution in [0.15, 0.2) is 73.3 Å². The van der Waals surface area contributed by atoms with Gasteiger partial charge in [0.15, 0.2) is 11.6 Å². The van der Waals surface area contributed by atoms with E-state index in [2.05, 4.69) is 31.1 Å². The molecular weight excluding hydrogens is 551 g/mol. The maximum absolute atomic E-state index is 13.7. The molecule has 0 fully saturated rings. The second kappa shape index (κ2) is 9.20. The van der Waals surface area contributed by atoms with Crippen LogP contribution in [0.2, 0.25) is 0 Å². The van der Waals surface area contributed by atoms with Crippen molar-refractivity contribution >= 4 is 51.6 Å². The first-order valence-corrected chi connectivity index (χ1v) is 13.9. The number of thiophene rings is 1. The molecule has 0 radical (unpaired) electrons. The first-order valence-electron chi connectivity index (χ1n) is 10.5. The van der Waals surface area contributed by atoms with Crippen molar-refractivity contribution in [3.8, 4) is 17.0 Å². The molecule has 0 aliphatic carbocycles. The predicted molar refractivity (Wildman–Crippen MR) is 142 cm³/mol. The lowest BCUT2D eigenvalue weighted by Crippen LogP contribution is -2.35. The summed E-state index contributed by atoms with van der Waals surface area (Å²) in [5.41, 5.74) is 2.40. The van der Waals surface area contributed by atoms with E-state index in [1.54, 1.807) is 18.2 Å². The van der Waals surface area contributed by atoms with E-state index in [0.717, 1.165) is 15.6 Å². The molecule has 178 valence electrons. The minimum Gasteiger partial charge on any atom is -0.505 e. The number of aryl methyl sites for hydroxylation is 1. The molecule has 0 amide bonds. The summed E-state index contributed by atoms with van der Waals surface area (Å²) in [6.07, 6.45) is 0. The molecule has 5 rings (SSSR count). The SMILES string of the molecule is COP1(=O)N=C(c2c(O)c(-c3ccsc3)nn(Cc3cccc(Br)c3)c2=O)Nc2ccc(C)cc21. The monoisotopic (exact) mass is 570 g/mol. The number of aromatic nitrogens is 2. The number of fused-ring (bicyclic) bond motifs is 1. The molecule has 1 aliphatic rings. The van der Waals surface area contributed by atoms with Crippen LogP contribution >= 0.6 is 34.8 Å². The topological polar surface area (TPSA) is 106 Å². The summed E-state index contributed by atoms with van der Waals surface area (Å²) in [7, 11) is -2.38. The van der Waals surface area contributed by atoms with E-state index in [0.29, 0.717) is 16.6 Å². The van der Waals surface area contributed by atoms with Crippen molar-refractivity contribution in [2.24, 2.45) is 4.76 Å². The zero-order valence-electron chi connectivity index (χ0n) is 18.7. The highest BCUT2D eigenvalue weighted by molar-refractivity contribution is 9.10. The van der Waals surface area contributed by atoms with Gasteiger partial charge in [-0.25, -0.2) is 4.68 Å². The standard InChI is InChI=1S/C24H20BrN4O4PS/c1-14-6-7-18-19(10-14)34(32,33-2)28-23(26-18)20-22(30)21(16-8-9-35-13-16)27-29(24(20)31)12-15-4-3-5-17(25)11-15/h3-11,13,30H,12H2,1-2H3,(H,26,28,32). The number of rotatable bonds is 5. The van der Waals surface area contributed by atoms with Gasteiger partial charge in [-0.1, -0.05) is 39.7 Å². The van der Waals surface area contributed by atoms with E-state index in [1.807, 2.05) is 48.0 Å². The van der Waals surface area contributed by atoms with Crippen molar-refractivity contribution in [2.75, 3.05) is 12.4 Å². The van der Waals surface area contributed by atoms with E-state index < -0.39 is 13.1 Å². The highest BCUT2D eigenvalue weighted by Gasteiger charge is 2.35. The molecule has 1 aliphatic heterocycles. The third-order valence-electron chi connectivity index (χ3n) is 5.57. The van der Waals surface area contributed by atoms with Gasteiger partial charge >= 0.3 is 7.52 Å². The van der Waals surface area contributed by atoms with Crippen molar-refractivity contribution in [3.63, 3.8) is 0 Å². The molecular formula is C24H20BrN4O4PS. The Kier molecular flexibility index (Phi) is 6.23. The van der Waals surface area contributed by atoms with Crippen molar-refractivity contribution in [1.29, 1.82) is 0 Å². The van der Waals surface area contributed by atoms with Crippen LogP contribution in [0.25, 0.3) is 11.3 Å². The highest BCUT2D eigenvalue weighted by Crippen LogP contribution is 2.51. The first-order chi connectivity index (χ1) is 16.8. The average Bonchev–Trinajstić information content (AvgIpc) is 3.36. The molecule has 35 heavy (non-hydrogen) atoms. The molecule has 1 atom stereocenters. The number of aromatic hydroxyl groups is 1. The molecule has 2 aromatic heterocycles. The summed E-state index contributed by atoms with van der Waals surface area (Å²) < 4.78 is 25.5. The minimum atomic E-state index is -3.69. The van der Waals surface area contributed by atoms with Gasteiger partial charge in [0.2, 0.25) is 0 Å². The van der Waals surface area contributed by atoms with Crippen molar-refractivity contribution in [1.82, 2.24) is 9.78 Å². The Morgan fingerprint density at radius 2 is 2.06 bits per heavy atom. The van der Waals surface area contributed by atoms with Crippen LogP contribution in [0.5, 0.6) is 5.75 Å². The summed E-state index contributed by atoms with van der Waals surface area (Å²) in [6, 6.07) is 14.7. The van der Waals surface area contributed by atoms with Gasteiger partial charge in [0.1, 0.15) is 11.3 Å². The van der Waals surface area contributed by atoms with Crippen LogP contribution in [-0.4, -0.2) is 27.8 Å². The zero-order valence-corrected chi connectivity index (χ0v) is 22.0. The number of nitrogens with one attached hydrogen (secondary N) is 1. The molecule has 0 saturated heterocycles. The van der Waals surface area contributed by atoms with Gasteiger partial charge in [-0.05, 0) is 48.2 Å². The molecule has 0 spiro atoms. The fourth-order valence-corrected chi connectivity index (χ4v) is 6.54. The predicted octanol–water partition coefficient (Wildman–Crippen LogP) is 5.13. The molecule has 0 bridgehead atoms. The fourth-order valence-electron chi connectivity index (χ4n) is 3.86. The van der Waals surface area contributed by atoms with Crippen LogP contribution in [0, 0.1) is 6.92 Å². The molecule has 0 saturated carbocycles. The van der Waals surface area contributed by atoms with E-state index >= 15 is 0 Å². The summed E-state index contributed by atoms with van der Waals surface area (Å²) in [5.74, 6) is -0.376. The van der Waals surface area contributed by atoms with E-state index in [9.17, 15) is 14.5 Å². The number of amidine groups is 1. The normalized spacial score (nSPS) is 16.9. The molecule has 4 aromatic rings. The molecule has 2 N–H and O–H groups in total. The number of benzene rings is 2. The van der Waals surface area contributed by atoms with E-state index in [-0.39, 0.29) is 29.4 Å². The first kappa shape index (κ1) is 23.7. The number of nitrogens with zero attached hydrogens (tertiary/aromatic N) is 3. The number of hydrogen-bond donors (Lipinski definition) is 2. The Morgan fingerprint density at radius 1 is 1.23 bits per heavy atom. The van der Waals surface area contributed by atoms with Crippen LogP contribution < -0.4 is 16.2 Å². The summed E-state index contributed by atoms with van der Waals surface area (Å²) >= 11 is 4.89. The molecule has 11 heteroatoms. The Labute approximate surface area is 213 Å². The highest BCUT2D eigenvalue weighted by atomic mass is 79.9. The van der Waals surface area contributed by atoms with Crippen LogP contribution in [0.4, 0.5) is 5.69 Å². The Hall–Kier alpha value is -3.04. The number of hydrogen-bond acceptors (Lipinski definition) is 7. The van der Waals surface area contributed by atoms with Crippen LogP contribution in [0.1, 0.15) is 16.7 Å². The van der Waals surface area contributed by atoms with Crippen LogP contribution in [-0.2, 0) is 15.6 Å². The second-order valence-corrected chi connectivity index (χ2v) is 11.8. The Morgan fingerprint density at radius 3 is 2.77 bits per heavy atom. The Balaban J connectivity index is 1.73. The maximum Gasteiger partial charge on any atom is 0.348 e. The second-order valence-electron chi connectivity index (χ2n) is 7.97. The average molecular weight is 571 g/mol. The van der Waals surface area contributed by atoms with Gasteiger partial charge in [-0.2, -0.15) is 21.2 Å². The lowest BCUT2D eigenvalue weighted by molar-refractivity contribution is 0.404. The third kappa shape index (κ3) is 4.38. The van der Waals surface area contributed by atoms with E-state index in [4.69, 9.17) is 4.52 Å². The molecule has 3 heterocycles. The van der Waals surface area contributed by atoms with Crippen molar-refractivity contribution in [2.45, 2.75) is 13.5 Å². The largest absolute Gasteiger partial charge is 0.505 e. The van der Waals surface area contributed by atoms with E-state index in [1.165, 1.54) is 23.1 Å². The van der Waals surface area contributed by atoms with Gasteiger partial charge < -0.3 is 14.9 Å². The molecule has 2 aromatic carbocycles. The van der Waals surface area contributed by atoms with Gasteiger partial charge in [-0.3, -0.25) is 9.36 Å². The smallest absolute Gasteiger partial charge is 0.348 e. The number of anilines is 1. The summed E-state index contributed by atoms with van der Waals surface area (Å²) in [6.45, 7) is 2.04. The summed E-state index contributed by atoms with van der Waals surface area (Å²) in [4.78, 5) is 13.6. The van der Waals surface area contributed by atoms with Crippen molar-refractivity contribution in [3.05, 3.63) is 90.8 Å². The number of halogens is 1. The summed E-state index contributed by atoms with van der Waals surface area (Å²) in [5, 5.41) is 22.9. The lowest BCUT2D eigenvalue weighted by atomic mass is 10.1.